The molecule has 0 amide bonds. The fourth-order valence-electron chi connectivity index (χ4n) is 1.86. The van der Waals surface area contributed by atoms with Crippen LogP contribution < -0.4 is 5.56 Å². The highest BCUT2D eigenvalue weighted by atomic mass is 16.1. The number of likely N-dealkylation sites (N-methyl/N-ethyl adjacent to an activating group) is 1. The van der Waals surface area contributed by atoms with Crippen LogP contribution in [-0.4, -0.2) is 29.3 Å². The zero-order valence-electron chi connectivity index (χ0n) is 11.8. The molecule has 4 nitrogen and oxygen atoms in total. The standard InChI is InChI=1S/C16H19N3O/c1-13(17-15-9-6-10-16(20)18-15)19(2)12-11-14-7-4-3-5-8-14/h3-10H,11-12H2,1-2H3,(H,18,20)/b17-13+. The number of aromatic nitrogens is 1. The summed E-state index contributed by atoms with van der Waals surface area (Å²) < 4.78 is 0. The second kappa shape index (κ2) is 6.70. The van der Waals surface area contributed by atoms with Crippen molar-refractivity contribution >= 4 is 11.7 Å². The number of aliphatic imine (C=N–C) groups is 1. The van der Waals surface area contributed by atoms with Crippen molar-refractivity contribution in [2.75, 3.05) is 13.6 Å². The maximum atomic E-state index is 11.2. The molecule has 0 fully saturated rings. The van der Waals surface area contributed by atoms with Gasteiger partial charge in [0.2, 0.25) is 5.56 Å². The van der Waals surface area contributed by atoms with Crippen molar-refractivity contribution in [1.29, 1.82) is 0 Å². The molecule has 0 atom stereocenters. The summed E-state index contributed by atoms with van der Waals surface area (Å²) in [5.74, 6) is 1.46. The summed E-state index contributed by atoms with van der Waals surface area (Å²) in [7, 11) is 2.00. The highest BCUT2D eigenvalue weighted by Gasteiger charge is 2.02. The normalized spacial score (nSPS) is 11.4. The van der Waals surface area contributed by atoms with E-state index in [4.69, 9.17) is 0 Å². The Bertz CT molecular complexity index is 631. The number of pyridine rings is 1. The summed E-state index contributed by atoms with van der Waals surface area (Å²) in [6.07, 6.45) is 0.968. The predicted molar refractivity (Wildman–Crippen MR) is 82.6 cm³/mol. The summed E-state index contributed by atoms with van der Waals surface area (Å²) in [5, 5.41) is 0. The van der Waals surface area contributed by atoms with Crippen LogP contribution in [-0.2, 0) is 6.42 Å². The molecular formula is C16H19N3O. The number of H-pyrrole nitrogens is 1. The van der Waals surface area contributed by atoms with Crippen LogP contribution in [0, 0.1) is 0 Å². The summed E-state index contributed by atoms with van der Waals surface area (Å²) in [4.78, 5) is 20.4. The first-order valence-corrected chi connectivity index (χ1v) is 6.65. The first-order valence-electron chi connectivity index (χ1n) is 6.65. The molecule has 1 aromatic carbocycles. The molecule has 1 heterocycles. The van der Waals surface area contributed by atoms with E-state index in [9.17, 15) is 4.79 Å². The quantitative estimate of drug-likeness (QED) is 0.685. The van der Waals surface area contributed by atoms with Gasteiger partial charge in [0.1, 0.15) is 11.7 Å². The molecule has 20 heavy (non-hydrogen) atoms. The Balaban J connectivity index is 1.98. The summed E-state index contributed by atoms with van der Waals surface area (Å²) >= 11 is 0. The van der Waals surface area contributed by atoms with Crippen LogP contribution in [0.25, 0.3) is 0 Å². The van der Waals surface area contributed by atoms with Gasteiger partial charge in [-0.1, -0.05) is 36.4 Å². The number of benzene rings is 1. The lowest BCUT2D eigenvalue weighted by molar-refractivity contribution is 0.505. The Morgan fingerprint density at radius 3 is 2.60 bits per heavy atom. The van der Waals surface area contributed by atoms with Gasteiger partial charge in [-0.15, -0.1) is 0 Å². The van der Waals surface area contributed by atoms with Crippen molar-refractivity contribution in [3.05, 3.63) is 64.4 Å². The van der Waals surface area contributed by atoms with Gasteiger partial charge in [-0.2, -0.15) is 0 Å². The molecule has 0 aliphatic heterocycles. The third-order valence-corrected chi connectivity index (χ3v) is 3.17. The fourth-order valence-corrected chi connectivity index (χ4v) is 1.86. The monoisotopic (exact) mass is 269 g/mol. The lowest BCUT2D eigenvalue weighted by Gasteiger charge is -2.18. The molecule has 104 valence electrons. The number of aromatic amines is 1. The van der Waals surface area contributed by atoms with Gasteiger partial charge in [-0.3, -0.25) is 4.79 Å². The minimum Gasteiger partial charge on any atom is -0.363 e. The Hall–Kier alpha value is -2.36. The van der Waals surface area contributed by atoms with Gasteiger partial charge in [-0.05, 0) is 25.0 Å². The molecule has 1 N–H and O–H groups in total. The number of hydrogen-bond acceptors (Lipinski definition) is 2. The van der Waals surface area contributed by atoms with Crippen LogP contribution >= 0.6 is 0 Å². The van der Waals surface area contributed by atoms with Crippen molar-refractivity contribution in [3.8, 4) is 0 Å². The smallest absolute Gasteiger partial charge is 0.249 e. The largest absolute Gasteiger partial charge is 0.363 e. The van der Waals surface area contributed by atoms with Gasteiger partial charge in [0.15, 0.2) is 0 Å². The lowest BCUT2D eigenvalue weighted by Crippen LogP contribution is -2.26. The number of rotatable bonds is 4. The lowest BCUT2D eigenvalue weighted by atomic mass is 10.1. The average molecular weight is 269 g/mol. The SMILES string of the molecule is C/C(=N\c1cccc(=O)[nH]1)N(C)CCc1ccccc1. The minimum atomic E-state index is -0.133. The fraction of sp³-hybridized carbons (Fsp3) is 0.250. The van der Waals surface area contributed by atoms with Gasteiger partial charge >= 0.3 is 0 Å². The Labute approximate surface area is 118 Å². The molecule has 0 unspecified atom stereocenters. The van der Waals surface area contributed by atoms with E-state index in [0.29, 0.717) is 5.82 Å². The molecule has 1 aromatic heterocycles. The molecule has 0 spiro atoms. The zero-order chi connectivity index (χ0) is 14.4. The predicted octanol–water partition coefficient (Wildman–Crippen LogP) is 2.60. The van der Waals surface area contributed by atoms with Crippen molar-refractivity contribution < 1.29 is 0 Å². The van der Waals surface area contributed by atoms with Crippen molar-refractivity contribution in [1.82, 2.24) is 9.88 Å². The van der Waals surface area contributed by atoms with E-state index >= 15 is 0 Å². The summed E-state index contributed by atoms with van der Waals surface area (Å²) in [5.41, 5.74) is 1.17. The van der Waals surface area contributed by atoms with Crippen LogP contribution in [0.2, 0.25) is 0 Å². The number of nitrogens with zero attached hydrogens (tertiary/aromatic N) is 2. The van der Waals surface area contributed by atoms with E-state index in [1.54, 1.807) is 12.1 Å². The Morgan fingerprint density at radius 1 is 1.15 bits per heavy atom. The first kappa shape index (κ1) is 14.1. The maximum Gasteiger partial charge on any atom is 0.249 e. The summed E-state index contributed by atoms with van der Waals surface area (Å²) in [6, 6.07) is 15.3. The third-order valence-electron chi connectivity index (χ3n) is 3.17. The highest BCUT2D eigenvalue weighted by Crippen LogP contribution is 2.06. The van der Waals surface area contributed by atoms with Crippen LogP contribution in [0.4, 0.5) is 5.82 Å². The van der Waals surface area contributed by atoms with Gasteiger partial charge in [0.05, 0.1) is 0 Å². The van der Waals surface area contributed by atoms with Gasteiger partial charge in [0.25, 0.3) is 0 Å². The second-order valence-electron chi connectivity index (χ2n) is 4.72. The van der Waals surface area contributed by atoms with Crippen molar-refractivity contribution in [3.63, 3.8) is 0 Å². The number of nitrogens with one attached hydrogen (secondary N) is 1. The number of amidine groups is 1. The second-order valence-corrected chi connectivity index (χ2v) is 4.72. The molecule has 0 radical (unpaired) electrons. The van der Waals surface area contributed by atoms with Gasteiger partial charge in [-0.25, -0.2) is 4.99 Å². The topological polar surface area (TPSA) is 48.5 Å². The van der Waals surface area contributed by atoms with E-state index < -0.39 is 0 Å². The molecule has 0 aliphatic carbocycles. The molecule has 0 aliphatic rings. The van der Waals surface area contributed by atoms with Crippen LogP contribution in [0.15, 0.2) is 58.3 Å². The third kappa shape index (κ3) is 4.09. The molecule has 0 saturated heterocycles. The average Bonchev–Trinajstić information content (AvgIpc) is 2.46. The highest BCUT2D eigenvalue weighted by molar-refractivity contribution is 5.81. The minimum absolute atomic E-state index is 0.133. The van der Waals surface area contributed by atoms with Crippen molar-refractivity contribution in [2.45, 2.75) is 13.3 Å². The molecular weight excluding hydrogens is 250 g/mol. The van der Waals surface area contributed by atoms with Crippen LogP contribution in [0.5, 0.6) is 0 Å². The maximum absolute atomic E-state index is 11.2. The Kier molecular flexibility index (Phi) is 4.71. The number of hydrogen-bond donors (Lipinski definition) is 1. The first-order chi connectivity index (χ1) is 9.65. The van der Waals surface area contributed by atoms with Crippen LogP contribution in [0.3, 0.4) is 0 Å². The molecule has 4 heteroatoms. The van der Waals surface area contributed by atoms with Gasteiger partial charge < -0.3 is 9.88 Å². The van der Waals surface area contributed by atoms with E-state index in [1.165, 1.54) is 11.6 Å². The molecule has 0 saturated carbocycles. The van der Waals surface area contributed by atoms with Crippen LogP contribution in [0.1, 0.15) is 12.5 Å². The van der Waals surface area contributed by atoms with E-state index in [0.717, 1.165) is 18.8 Å². The molecule has 2 rings (SSSR count). The van der Waals surface area contributed by atoms with Gasteiger partial charge in [0, 0.05) is 19.7 Å². The van der Waals surface area contributed by atoms with Crippen molar-refractivity contribution in [2.24, 2.45) is 4.99 Å². The zero-order valence-corrected chi connectivity index (χ0v) is 11.8. The molecule has 2 aromatic rings. The summed E-state index contributed by atoms with van der Waals surface area (Å²) in [6.45, 7) is 2.83. The van der Waals surface area contributed by atoms with E-state index in [2.05, 4.69) is 27.0 Å². The molecule has 0 bridgehead atoms. The van der Waals surface area contributed by atoms with E-state index in [1.807, 2.05) is 32.2 Å². The van der Waals surface area contributed by atoms with E-state index in [-0.39, 0.29) is 5.56 Å². The Morgan fingerprint density at radius 2 is 1.90 bits per heavy atom.